The number of hydrogen-bond donors (Lipinski definition) is 0. The molecule has 11 aromatic rings. The van der Waals surface area contributed by atoms with Crippen LogP contribution in [0.3, 0.4) is 0 Å². The summed E-state index contributed by atoms with van der Waals surface area (Å²) in [5, 5.41) is 7.76. The fourth-order valence-corrected chi connectivity index (χ4v) is 9.46. The second kappa shape index (κ2) is 11.0. The summed E-state index contributed by atoms with van der Waals surface area (Å²) in [7, 11) is 0. The minimum Gasteiger partial charge on any atom is -0.309 e. The van der Waals surface area contributed by atoms with Crippen molar-refractivity contribution in [3.05, 3.63) is 182 Å². The number of fused-ring (bicyclic) bond motifs is 10. The van der Waals surface area contributed by atoms with Gasteiger partial charge in [0.25, 0.3) is 0 Å². The molecule has 0 radical (unpaired) electrons. The van der Waals surface area contributed by atoms with Crippen LogP contribution in [0.15, 0.2) is 182 Å². The largest absolute Gasteiger partial charge is 0.309 e. The third-order valence-electron chi connectivity index (χ3n) is 10.5. The molecule has 0 fully saturated rings. The van der Waals surface area contributed by atoms with E-state index in [9.17, 15) is 0 Å². The van der Waals surface area contributed by atoms with Gasteiger partial charge in [0.2, 0.25) is 0 Å². The molecule has 3 heteroatoms. The van der Waals surface area contributed by atoms with Crippen molar-refractivity contribution in [1.29, 1.82) is 0 Å². The number of benzene rings is 8. The zero-order chi connectivity index (χ0) is 33.5. The average molecular weight is 667 g/mol. The van der Waals surface area contributed by atoms with Crippen molar-refractivity contribution in [2.45, 2.75) is 0 Å². The number of hydrogen-bond acceptors (Lipinski definition) is 1. The predicted octanol–water partition coefficient (Wildman–Crippen LogP) is 13.6. The fourth-order valence-electron chi connectivity index (χ4n) is 8.25. The molecule has 0 saturated carbocycles. The first kappa shape index (κ1) is 28.4. The first-order valence-corrected chi connectivity index (χ1v) is 18.3. The lowest BCUT2D eigenvalue weighted by Gasteiger charge is -2.11. The standard InChI is InChI=1S/C48H30N2S/c1-2-11-31(12-3-1)32-21-23-33(24-22-32)34-25-27-35(28-26-34)49-40-17-7-4-14-38(40)46-42(49)29-30-43-47(46)39-15-5-8-18-41(39)50(43)44-19-10-16-37-36-13-6-9-20-45(36)51-48(37)44/h1-30H. The Morgan fingerprint density at radius 2 is 0.804 bits per heavy atom. The molecule has 0 amide bonds. The van der Waals surface area contributed by atoms with Gasteiger partial charge in [-0.05, 0) is 70.8 Å². The topological polar surface area (TPSA) is 9.86 Å². The van der Waals surface area contributed by atoms with Gasteiger partial charge >= 0.3 is 0 Å². The van der Waals surface area contributed by atoms with Crippen LogP contribution in [-0.2, 0) is 0 Å². The van der Waals surface area contributed by atoms with Gasteiger partial charge in [0.1, 0.15) is 0 Å². The molecular weight excluding hydrogens is 637 g/mol. The zero-order valence-corrected chi connectivity index (χ0v) is 28.4. The molecule has 0 aliphatic heterocycles. The van der Waals surface area contributed by atoms with Gasteiger partial charge < -0.3 is 9.13 Å². The Morgan fingerprint density at radius 3 is 1.47 bits per heavy atom. The van der Waals surface area contributed by atoms with E-state index in [1.165, 1.54) is 91.7 Å². The molecule has 8 aromatic carbocycles. The summed E-state index contributed by atoms with van der Waals surface area (Å²) >= 11 is 1.89. The molecule has 0 aliphatic rings. The molecule has 0 N–H and O–H groups in total. The van der Waals surface area contributed by atoms with E-state index in [4.69, 9.17) is 0 Å². The summed E-state index contributed by atoms with van der Waals surface area (Å²) < 4.78 is 7.57. The van der Waals surface area contributed by atoms with Crippen LogP contribution in [0.4, 0.5) is 0 Å². The highest BCUT2D eigenvalue weighted by atomic mass is 32.1. The summed E-state index contributed by atoms with van der Waals surface area (Å²) in [5.74, 6) is 0. The van der Waals surface area contributed by atoms with Crippen LogP contribution in [-0.4, -0.2) is 9.13 Å². The SMILES string of the molecule is c1ccc(-c2ccc(-c3ccc(-n4c5ccccc5c5c6c7ccccc7n(-c7cccc8c7sc7ccccc78)c6ccc54)cc3)cc2)cc1. The van der Waals surface area contributed by atoms with E-state index in [2.05, 4.69) is 191 Å². The van der Waals surface area contributed by atoms with E-state index in [1.807, 2.05) is 11.3 Å². The van der Waals surface area contributed by atoms with Gasteiger partial charge in [0, 0.05) is 42.7 Å². The molecule has 0 aliphatic carbocycles. The summed E-state index contributed by atoms with van der Waals surface area (Å²) in [4.78, 5) is 0. The third kappa shape index (κ3) is 4.22. The highest BCUT2D eigenvalue weighted by Gasteiger charge is 2.21. The molecule has 0 saturated heterocycles. The highest BCUT2D eigenvalue weighted by molar-refractivity contribution is 7.26. The summed E-state index contributed by atoms with van der Waals surface area (Å²) in [6.45, 7) is 0. The highest BCUT2D eigenvalue weighted by Crippen LogP contribution is 2.45. The van der Waals surface area contributed by atoms with Crippen molar-refractivity contribution in [2.75, 3.05) is 0 Å². The van der Waals surface area contributed by atoms with Gasteiger partial charge in [-0.3, -0.25) is 0 Å². The smallest absolute Gasteiger partial charge is 0.0640 e. The van der Waals surface area contributed by atoms with Crippen molar-refractivity contribution < 1.29 is 0 Å². The van der Waals surface area contributed by atoms with Gasteiger partial charge in [-0.25, -0.2) is 0 Å². The Balaban J connectivity index is 1.11. The van der Waals surface area contributed by atoms with Gasteiger partial charge in [-0.2, -0.15) is 0 Å². The Bertz CT molecular complexity index is 3100. The Morgan fingerprint density at radius 1 is 0.314 bits per heavy atom. The molecule has 11 rings (SSSR count). The van der Waals surface area contributed by atoms with E-state index in [0.29, 0.717) is 0 Å². The first-order valence-electron chi connectivity index (χ1n) is 17.4. The summed E-state index contributed by atoms with van der Waals surface area (Å²) in [6.07, 6.45) is 0. The van der Waals surface area contributed by atoms with Crippen LogP contribution in [0.1, 0.15) is 0 Å². The van der Waals surface area contributed by atoms with E-state index in [-0.39, 0.29) is 0 Å². The number of aromatic nitrogens is 2. The molecule has 3 heterocycles. The number of para-hydroxylation sites is 2. The molecule has 0 atom stereocenters. The van der Waals surface area contributed by atoms with E-state index in [1.54, 1.807) is 0 Å². The molecule has 0 bridgehead atoms. The van der Waals surface area contributed by atoms with Crippen LogP contribution in [0.25, 0.3) is 97.4 Å². The fraction of sp³-hybridized carbons (Fsp3) is 0. The van der Waals surface area contributed by atoms with Crippen LogP contribution >= 0.6 is 11.3 Å². The molecule has 238 valence electrons. The molecule has 0 spiro atoms. The van der Waals surface area contributed by atoms with Gasteiger partial charge in [0.05, 0.1) is 32.5 Å². The molecule has 3 aromatic heterocycles. The zero-order valence-electron chi connectivity index (χ0n) is 27.6. The lowest BCUT2D eigenvalue weighted by Crippen LogP contribution is -1.95. The summed E-state index contributed by atoms with van der Waals surface area (Å²) in [6, 6.07) is 66.5. The van der Waals surface area contributed by atoms with Crippen molar-refractivity contribution >= 4 is 75.1 Å². The third-order valence-corrected chi connectivity index (χ3v) is 11.8. The maximum atomic E-state index is 2.49. The quantitative estimate of drug-likeness (QED) is 0.177. The second-order valence-electron chi connectivity index (χ2n) is 13.3. The predicted molar refractivity (Wildman–Crippen MR) is 219 cm³/mol. The Labute approximate surface area is 298 Å². The maximum Gasteiger partial charge on any atom is 0.0640 e. The van der Waals surface area contributed by atoms with Crippen LogP contribution < -0.4 is 0 Å². The van der Waals surface area contributed by atoms with Crippen molar-refractivity contribution in [1.82, 2.24) is 9.13 Å². The molecule has 51 heavy (non-hydrogen) atoms. The van der Waals surface area contributed by atoms with Gasteiger partial charge in [0.15, 0.2) is 0 Å². The lowest BCUT2D eigenvalue weighted by atomic mass is 10.0. The minimum absolute atomic E-state index is 1.16. The molecule has 0 unspecified atom stereocenters. The van der Waals surface area contributed by atoms with Gasteiger partial charge in [-0.15, -0.1) is 11.3 Å². The normalized spacial score (nSPS) is 11.9. The number of rotatable bonds is 4. The second-order valence-corrected chi connectivity index (χ2v) is 14.4. The van der Waals surface area contributed by atoms with Crippen LogP contribution in [0.5, 0.6) is 0 Å². The average Bonchev–Trinajstić information content (AvgIpc) is 3.86. The summed E-state index contributed by atoms with van der Waals surface area (Å²) in [5.41, 5.74) is 12.2. The van der Waals surface area contributed by atoms with Crippen molar-refractivity contribution in [2.24, 2.45) is 0 Å². The van der Waals surface area contributed by atoms with Crippen molar-refractivity contribution in [3.8, 4) is 33.6 Å². The number of nitrogens with zero attached hydrogens (tertiary/aromatic N) is 2. The van der Waals surface area contributed by atoms with Crippen LogP contribution in [0.2, 0.25) is 0 Å². The number of thiophene rings is 1. The first-order chi connectivity index (χ1) is 25.3. The van der Waals surface area contributed by atoms with Gasteiger partial charge in [-0.1, -0.05) is 133 Å². The molecular formula is C48H30N2S. The van der Waals surface area contributed by atoms with Crippen LogP contribution in [0, 0.1) is 0 Å². The monoisotopic (exact) mass is 666 g/mol. The van der Waals surface area contributed by atoms with Crippen molar-refractivity contribution in [3.63, 3.8) is 0 Å². The Kier molecular flexibility index (Phi) is 6.16. The molecule has 2 nitrogen and oxygen atoms in total. The lowest BCUT2D eigenvalue weighted by molar-refractivity contribution is 1.18. The minimum atomic E-state index is 1.16. The van der Waals surface area contributed by atoms with E-state index in [0.717, 1.165) is 5.69 Å². The maximum absolute atomic E-state index is 2.49. The van der Waals surface area contributed by atoms with E-state index < -0.39 is 0 Å². The van der Waals surface area contributed by atoms with E-state index >= 15 is 0 Å². The Hall–Kier alpha value is -6.42.